The number of carbonyl (C=O) groups excluding carboxylic acids is 1. The van der Waals surface area contributed by atoms with Gasteiger partial charge in [-0.05, 0) is 24.5 Å². The highest BCUT2D eigenvalue weighted by atomic mass is 35.5. The summed E-state index contributed by atoms with van der Waals surface area (Å²) in [7, 11) is 0. The van der Waals surface area contributed by atoms with Crippen molar-refractivity contribution in [2.45, 2.75) is 20.3 Å². The van der Waals surface area contributed by atoms with E-state index in [0.29, 0.717) is 16.7 Å². The number of hydrogen-bond donors (Lipinski definition) is 1. The van der Waals surface area contributed by atoms with E-state index in [4.69, 9.17) is 15.8 Å². The van der Waals surface area contributed by atoms with Crippen molar-refractivity contribution in [2.24, 2.45) is 11.8 Å². The molecule has 0 aromatic heterocycles. The number of para-hydroxylation sites is 1. The highest BCUT2D eigenvalue weighted by Gasteiger charge is 2.40. The van der Waals surface area contributed by atoms with Crippen LogP contribution < -0.4 is 8.91 Å². The molecule has 2 rings (SSSR count). The second-order valence-electron chi connectivity index (χ2n) is 3.81. The summed E-state index contributed by atoms with van der Waals surface area (Å²) >= 11 is 6.79. The molecular weight excluding hydrogens is 282 g/mol. The molecule has 1 aliphatic carbocycles. The number of benzene rings is 1. The third-order valence-corrected chi connectivity index (χ3v) is 3.45. The van der Waals surface area contributed by atoms with Gasteiger partial charge in [0, 0.05) is 5.92 Å². The lowest BCUT2D eigenvalue weighted by Crippen LogP contribution is -2.19. The van der Waals surface area contributed by atoms with Gasteiger partial charge in [0.15, 0.2) is 18.0 Å². The molecule has 1 aromatic carbocycles. The summed E-state index contributed by atoms with van der Waals surface area (Å²) in [6.07, 6.45) is 2.69. The van der Waals surface area contributed by atoms with Gasteiger partial charge in [-0.1, -0.05) is 43.7 Å². The Balaban J connectivity index is 0.000000861. The van der Waals surface area contributed by atoms with E-state index in [0.717, 1.165) is 18.6 Å². The van der Waals surface area contributed by atoms with Crippen LogP contribution in [0.25, 0.3) is 0 Å². The molecule has 2 atom stereocenters. The van der Waals surface area contributed by atoms with Crippen LogP contribution in [0.2, 0.25) is 5.02 Å². The minimum atomic E-state index is -0.0213. The molecule has 0 spiro atoms. The van der Waals surface area contributed by atoms with Crippen molar-refractivity contribution >= 4 is 29.7 Å². The maximum atomic E-state index is 11.6. The van der Waals surface area contributed by atoms with Crippen LogP contribution in [0, 0.1) is 11.8 Å². The summed E-state index contributed by atoms with van der Waals surface area (Å²) in [5.74, 6) is 0.883. The van der Waals surface area contributed by atoms with E-state index in [2.05, 4.69) is 11.3 Å². The molecule has 3 nitrogen and oxygen atoms in total. The molecule has 1 aliphatic rings. The number of nitrogens with one attached hydrogen (secondary N) is 1. The van der Waals surface area contributed by atoms with Crippen molar-refractivity contribution in [3.63, 3.8) is 0 Å². The van der Waals surface area contributed by atoms with Gasteiger partial charge in [-0.25, -0.2) is 0 Å². The number of allylic oxidation sites excluding steroid dienone is 1. The lowest BCUT2D eigenvalue weighted by atomic mass is 10.3. The first-order valence-corrected chi connectivity index (χ1v) is 7.35. The predicted octanol–water partition coefficient (Wildman–Crippen LogP) is 4.25. The molecular formula is C14H18ClNO2S. The highest BCUT2D eigenvalue weighted by Crippen LogP contribution is 2.39. The predicted molar refractivity (Wildman–Crippen MR) is 81.0 cm³/mol. The largest absolute Gasteiger partial charge is 0.404 e. The number of halogens is 1. The Morgan fingerprint density at radius 1 is 1.53 bits per heavy atom. The molecule has 0 bridgehead atoms. The van der Waals surface area contributed by atoms with Gasteiger partial charge in [0.1, 0.15) is 0 Å². The van der Waals surface area contributed by atoms with Crippen LogP contribution in [0.4, 0.5) is 0 Å². The van der Waals surface area contributed by atoms with Gasteiger partial charge in [0.05, 0.1) is 5.02 Å². The van der Waals surface area contributed by atoms with Crippen LogP contribution in [0.3, 0.4) is 0 Å². The normalized spacial score (nSPS) is 19.7. The van der Waals surface area contributed by atoms with Gasteiger partial charge in [0.25, 0.3) is 0 Å². The second-order valence-corrected chi connectivity index (χ2v) is 4.75. The maximum Gasteiger partial charge on any atom is 0.236 e. The van der Waals surface area contributed by atoms with E-state index in [1.165, 1.54) is 0 Å². The molecule has 0 aliphatic heterocycles. The molecule has 1 amide bonds. The van der Waals surface area contributed by atoms with Gasteiger partial charge >= 0.3 is 0 Å². The maximum absolute atomic E-state index is 11.6. The molecule has 104 valence electrons. The Hall–Kier alpha value is -1.13. The fourth-order valence-corrected chi connectivity index (χ4v) is 2.20. The van der Waals surface area contributed by atoms with Crippen LogP contribution in [-0.4, -0.2) is 5.91 Å². The first-order chi connectivity index (χ1) is 9.22. The topological polar surface area (TPSA) is 38.3 Å². The molecule has 1 saturated carbocycles. The van der Waals surface area contributed by atoms with Crippen molar-refractivity contribution in [3.8, 4) is 5.75 Å². The molecule has 19 heavy (non-hydrogen) atoms. The number of rotatable bonds is 5. The molecule has 1 N–H and O–H groups in total. The molecule has 5 heteroatoms. The van der Waals surface area contributed by atoms with Gasteiger partial charge in [0.2, 0.25) is 5.91 Å². The molecule has 1 fully saturated rings. The van der Waals surface area contributed by atoms with Gasteiger partial charge in [-0.3, -0.25) is 9.52 Å². The van der Waals surface area contributed by atoms with E-state index in [1.807, 2.05) is 32.1 Å². The van der Waals surface area contributed by atoms with E-state index < -0.39 is 0 Å². The summed E-state index contributed by atoms with van der Waals surface area (Å²) < 4.78 is 7.91. The standard InChI is InChI=1S/C12H12ClNO2S.C2H6/c1-2-8-7-9(8)12(15)14-17-16-11-6-4-3-5-10(11)13;1-2/h2-6,8-9H,1,7H2,(H,14,15);1-2H3/t8-,9+;/m1./s1. The SMILES string of the molecule is C=C[C@@H]1C[C@@H]1C(=O)NSOc1ccccc1Cl.CC. The quantitative estimate of drug-likeness (QED) is 0.502. The Morgan fingerprint density at radius 2 is 2.21 bits per heavy atom. The molecule has 0 saturated heterocycles. The van der Waals surface area contributed by atoms with Gasteiger partial charge in [-0.2, -0.15) is 0 Å². The summed E-state index contributed by atoms with van der Waals surface area (Å²) in [6, 6.07) is 7.11. The monoisotopic (exact) mass is 299 g/mol. The minimum Gasteiger partial charge on any atom is -0.404 e. The Morgan fingerprint density at radius 3 is 2.79 bits per heavy atom. The summed E-state index contributed by atoms with van der Waals surface area (Å²) in [6.45, 7) is 7.66. The molecule has 0 radical (unpaired) electrons. The fraction of sp³-hybridized carbons (Fsp3) is 0.357. The third-order valence-electron chi connectivity index (χ3n) is 2.59. The summed E-state index contributed by atoms with van der Waals surface area (Å²) in [4.78, 5) is 11.6. The van der Waals surface area contributed by atoms with Crippen molar-refractivity contribution in [3.05, 3.63) is 41.9 Å². The zero-order chi connectivity index (χ0) is 14.3. The smallest absolute Gasteiger partial charge is 0.236 e. The van der Waals surface area contributed by atoms with Crippen LogP contribution in [0.5, 0.6) is 5.75 Å². The summed E-state index contributed by atoms with van der Waals surface area (Å²) in [5.41, 5.74) is 0. The molecule has 0 heterocycles. The van der Waals surface area contributed by atoms with Crippen LogP contribution in [-0.2, 0) is 4.79 Å². The van der Waals surface area contributed by atoms with E-state index in [-0.39, 0.29) is 11.8 Å². The lowest BCUT2D eigenvalue weighted by Gasteiger charge is -2.05. The van der Waals surface area contributed by atoms with Crippen LogP contribution >= 0.6 is 23.8 Å². The zero-order valence-electron chi connectivity index (χ0n) is 11.1. The summed E-state index contributed by atoms with van der Waals surface area (Å²) in [5, 5.41) is 0.518. The van der Waals surface area contributed by atoms with E-state index in [1.54, 1.807) is 12.1 Å². The first kappa shape index (κ1) is 15.9. The number of amides is 1. The first-order valence-electron chi connectivity index (χ1n) is 6.23. The molecule has 1 aromatic rings. The minimum absolute atomic E-state index is 0.0213. The van der Waals surface area contributed by atoms with Gasteiger partial charge in [-0.15, -0.1) is 6.58 Å². The zero-order valence-corrected chi connectivity index (χ0v) is 12.6. The van der Waals surface area contributed by atoms with E-state index in [9.17, 15) is 4.79 Å². The van der Waals surface area contributed by atoms with Gasteiger partial charge < -0.3 is 4.18 Å². The molecule has 0 unspecified atom stereocenters. The van der Waals surface area contributed by atoms with Crippen LogP contribution in [0.15, 0.2) is 36.9 Å². The third kappa shape index (κ3) is 4.80. The number of carbonyl (C=O) groups is 1. The Kier molecular flexibility index (Phi) is 6.81. The van der Waals surface area contributed by atoms with E-state index >= 15 is 0 Å². The van der Waals surface area contributed by atoms with Crippen molar-refractivity contribution in [2.75, 3.05) is 0 Å². The average Bonchev–Trinajstić information content (AvgIpc) is 3.23. The fourth-order valence-electron chi connectivity index (χ4n) is 1.47. The van der Waals surface area contributed by atoms with Crippen molar-refractivity contribution in [1.29, 1.82) is 0 Å². The average molecular weight is 300 g/mol. The highest BCUT2D eigenvalue weighted by molar-refractivity contribution is 7.93. The Bertz CT molecular complexity index is 439. The van der Waals surface area contributed by atoms with Crippen LogP contribution in [0.1, 0.15) is 20.3 Å². The van der Waals surface area contributed by atoms with Crippen molar-refractivity contribution in [1.82, 2.24) is 4.72 Å². The Labute approximate surface area is 123 Å². The second kappa shape index (κ2) is 8.12. The number of hydrogen-bond acceptors (Lipinski definition) is 3. The lowest BCUT2D eigenvalue weighted by molar-refractivity contribution is -0.120. The van der Waals surface area contributed by atoms with Crippen molar-refractivity contribution < 1.29 is 8.98 Å².